The van der Waals surface area contributed by atoms with E-state index in [1.54, 1.807) is 13.8 Å². The molecule has 2 amide bonds. The lowest BCUT2D eigenvalue weighted by Gasteiger charge is -2.24. The molecule has 0 bridgehead atoms. The maximum atomic E-state index is 12.1. The van der Waals surface area contributed by atoms with Crippen molar-refractivity contribution in [1.82, 2.24) is 10.6 Å². The fraction of sp³-hybridized carbons (Fsp3) is 0.786. The van der Waals surface area contributed by atoms with Crippen molar-refractivity contribution in [2.75, 3.05) is 6.54 Å². The minimum atomic E-state index is -1.14. The lowest BCUT2D eigenvalue weighted by molar-refractivity contribution is -0.142. The second-order valence-corrected chi connectivity index (χ2v) is 5.69. The van der Waals surface area contributed by atoms with E-state index in [0.29, 0.717) is 13.0 Å². The molecule has 0 heterocycles. The molecule has 0 aromatic carbocycles. The van der Waals surface area contributed by atoms with Gasteiger partial charge in [0, 0.05) is 0 Å². The zero-order valence-corrected chi connectivity index (χ0v) is 13.5. The quantitative estimate of drug-likeness (QED) is 0.332. The van der Waals surface area contributed by atoms with Crippen LogP contribution in [-0.4, -0.2) is 47.6 Å². The van der Waals surface area contributed by atoms with Gasteiger partial charge in [0.25, 0.3) is 0 Å². The first-order valence-electron chi connectivity index (χ1n) is 7.49. The molecule has 3 atom stereocenters. The fourth-order valence-electron chi connectivity index (χ4n) is 1.80. The summed E-state index contributed by atoms with van der Waals surface area (Å²) in [5.41, 5.74) is 11.2. The van der Waals surface area contributed by atoms with Crippen LogP contribution in [0.3, 0.4) is 0 Å². The van der Waals surface area contributed by atoms with Crippen LogP contribution in [0.5, 0.6) is 0 Å². The summed E-state index contributed by atoms with van der Waals surface area (Å²) in [6, 6.07) is -2.56. The van der Waals surface area contributed by atoms with Crippen molar-refractivity contribution in [2.24, 2.45) is 17.4 Å². The van der Waals surface area contributed by atoms with Crippen molar-refractivity contribution in [3.63, 3.8) is 0 Å². The Hall–Kier alpha value is -1.67. The Morgan fingerprint density at radius 2 is 1.64 bits per heavy atom. The van der Waals surface area contributed by atoms with Crippen molar-refractivity contribution in [1.29, 1.82) is 0 Å². The predicted octanol–water partition coefficient (Wildman–Crippen LogP) is -0.827. The van der Waals surface area contributed by atoms with Gasteiger partial charge in [-0.2, -0.15) is 0 Å². The van der Waals surface area contributed by atoms with E-state index in [-0.39, 0.29) is 5.92 Å². The monoisotopic (exact) mass is 316 g/mol. The number of carboxylic acid groups (broad SMARTS) is 1. The smallest absolute Gasteiger partial charge is 0.325 e. The molecule has 0 fully saturated rings. The fourth-order valence-corrected chi connectivity index (χ4v) is 1.80. The molecule has 3 unspecified atom stereocenters. The van der Waals surface area contributed by atoms with E-state index in [0.717, 1.165) is 12.8 Å². The van der Waals surface area contributed by atoms with Gasteiger partial charge in [-0.15, -0.1) is 0 Å². The van der Waals surface area contributed by atoms with Crippen LogP contribution in [-0.2, 0) is 14.4 Å². The molecular weight excluding hydrogens is 288 g/mol. The molecule has 0 saturated heterocycles. The number of unbranched alkanes of at least 4 members (excludes halogenated alkanes) is 1. The van der Waals surface area contributed by atoms with E-state index in [2.05, 4.69) is 10.6 Å². The van der Waals surface area contributed by atoms with Crippen molar-refractivity contribution in [3.8, 4) is 0 Å². The number of carbonyl (C=O) groups excluding carboxylic acids is 2. The van der Waals surface area contributed by atoms with E-state index in [4.69, 9.17) is 16.6 Å². The number of nitrogens with two attached hydrogens (primary N) is 2. The van der Waals surface area contributed by atoms with Crippen LogP contribution >= 0.6 is 0 Å². The van der Waals surface area contributed by atoms with E-state index in [1.165, 1.54) is 6.92 Å². The Morgan fingerprint density at radius 1 is 1.05 bits per heavy atom. The minimum absolute atomic E-state index is 0.193. The van der Waals surface area contributed by atoms with Crippen molar-refractivity contribution >= 4 is 17.8 Å². The average Bonchev–Trinajstić information content (AvgIpc) is 2.43. The molecule has 0 radical (unpaired) electrons. The maximum absolute atomic E-state index is 12.1. The summed E-state index contributed by atoms with van der Waals surface area (Å²) in [7, 11) is 0. The van der Waals surface area contributed by atoms with Gasteiger partial charge >= 0.3 is 5.97 Å². The number of amides is 2. The van der Waals surface area contributed by atoms with Crippen LogP contribution in [0.2, 0.25) is 0 Å². The topological polar surface area (TPSA) is 148 Å². The number of rotatable bonds is 10. The summed E-state index contributed by atoms with van der Waals surface area (Å²) in [6.45, 7) is 5.42. The first-order valence-corrected chi connectivity index (χ1v) is 7.49. The normalized spacial score (nSPS) is 15.0. The molecular formula is C14H28N4O4. The molecule has 8 heteroatoms. The number of hydrogen-bond acceptors (Lipinski definition) is 5. The highest BCUT2D eigenvalue weighted by Gasteiger charge is 2.28. The number of carbonyl (C=O) groups is 3. The molecule has 0 aliphatic heterocycles. The second kappa shape index (κ2) is 10.1. The first kappa shape index (κ1) is 20.3. The summed E-state index contributed by atoms with van der Waals surface area (Å²) in [4.78, 5) is 34.9. The standard InChI is InChI=1S/C14H28N4O4/c1-8(2)11(13(20)17-9(3)14(21)22)18-12(19)10(16)6-4-5-7-15/h8-11H,4-7,15-16H2,1-3H3,(H,17,20)(H,18,19)(H,21,22). The van der Waals surface area contributed by atoms with E-state index >= 15 is 0 Å². The largest absolute Gasteiger partial charge is 0.480 e. The molecule has 0 aromatic rings. The molecule has 8 nitrogen and oxygen atoms in total. The minimum Gasteiger partial charge on any atom is -0.480 e. The SMILES string of the molecule is CC(NC(=O)C(NC(=O)C(N)CCCCN)C(C)C)C(=O)O. The molecule has 0 rings (SSSR count). The summed E-state index contributed by atoms with van der Waals surface area (Å²) in [5.74, 6) is -2.29. The highest BCUT2D eigenvalue weighted by Crippen LogP contribution is 2.05. The van der Waals surface area contributed by atoms with Crippen LogP contribution in [0, 0.1) is 5.92 Å². The Kier molecular flexibility index (Phi) is 9.35. The third kappa shape index (κ3) is 7.37. The van der Waals surface area contributed by atoms with E-state index in [1.807, 2.05) is 0 Å². The van der Waals surface area contributed by atoms with Crippen molar-refractivity contribution in [2.45, 2.75) is 58.2 Å². The third-order valence-electron chi connectivity index (χ3n) is 3.28. The maximum Gasteiger partial charge on any atom is 0.325 e. The van der Waals surface area contributed by atoms with Gasteiger partial charge in [-0.25, -0.2) is 0 Å². The number of carboxylic acids is 1. The zero-order chi connectivity index (χ0) is 17.3. The molecule has 0 aliphatic carbocycles. The molecule has 0 spiro atoms. The van der Waals surface area contributed by atoms with Gasteiger partial charge in [-0.05, 0) is 32.2 Å². The van der Waals surface area contributed by atoms with Crippen LogP contribution in [0.25, 0.3) is 0 Å². The summed E-state index contributed by atoms with van der Waals surface area (Å²) in [6.07, 6.45) is 2.01. The van der Waals surface area contributed by atoms with Gasteiger partial charge in [0.15, 0.2) is 0 Å². The first-order chi connectivity index (χ1) is 10.2. The van der Waals surface area contributed by atoms with Crippen LogP contribution in [0.4, 0.5) is 0 Å². The second-order valence-electron chi connectivity index (χ2n) is 5.69. The van der Waals surface area contributed by atoms with Crippen LogP contribution in [0.15, 0.2) is 0 Å². The Bertz CT molecular complexity index is 387. The molecule has 22 heavy (non-hydrogen) atoms. The zero-order valence-electron chi connectivity index (χ0n) is 13.5. The van der Waals surface area contributed by atoms with Crippen molar-refractivity contribution < 1.29 is 19.5 Å². The van der Waals surface area contributed by atoms with Crippen LogP contribution < -0.4 is 22.1 Å². The summed E-state index contributed by atoms with van der Waals surface area (Å²) < 4.78 is 0. The Morgan fingerprint density at radius 3 is 2.09 bits per heavy atom. The molecule has 0 saturated carbocycles. The van der Waals surface area contributed by atoms with Gasteiger partial charge < -0.3 is 27.2 Å². The molecule has 7 N–H and O–H groups in total. The molecule has 0 aromatic heterocycles. The summed E-state index contributed by atoms with van der Waals surface area (Å²) in [5, 5.41) is 13.7. The van der Waals surface area contributed by atoms with E-state index in [9.17, 15) is 14.4 Å². The Balaban J connectivity index is 4.60. The number of hydrogen-bond donors (Lipinski definition) is 5. The van der Waals surface area contributed by atoms with Crippen LogP contribution in [0.1, 0.15) is 40.0 Å². The highest BCUT2D eigenvalue weighted by molar-refractivity contribution is 5.91. The van der Waals surface area contributed by atoms with Gasteiger partial charge in [0.05, 0.1) is 6.04 Å². The highest BCUT2D eigenvalue weighted by atomic mass is 16.4. The lowest BCUT2D eigenvalue weighted by Crippen LogP contribution is -2.55. The summed E-state index contributed by atoms with van der Waals surface area (Å²) >= 11 is 0. The molecule has 128 valence electrons. The molecule has 0 aliphatic rings. The Labute approximate surface area is 131 Å². The average molecular weight is 316 g/mol. The predicted molar refractivity (Wildman–Crippen MR) is 82.9 cm³/mol. The third-order valence-corrected chi connectivity index (χ3v) is 3.28. The van der Waals surface area contributed by atoms with Crippen molar-refractivity contribution in [3.05, 3.63) is 0 Å². The number of nitrogens with one attached hydrogen (secondary N) is 2. The van der Waals surface area contributed by atoms with Gasteiger partial charge in [-0.3, -0.25) is 14.4 Å². The van der Waals surface area contributed by atoms with Gasteiger partial charge in [0.2, 0.25) is 11.8 Å². The lowest BCUT2D eigenvalue weighted by atomic mass is 10.0. The number of aliphatic carboxylic acids is 1. The van der Waals surface area contributed by atoms with E-state index < -0.39 is 35.9 Å². The van der Waals surface area contributed by atoms with Gasteiger partial charge in [-0.1, -0.05) is 20.3 Å². The van der Waals surface area contributed by atoms with Gasteiger partial charge in [0.1, 0.15) is 12.1 Å².